The molecule has 0 spiro atoms. The van der Waals surface area contributed by atoms with E-state index in [2.05, 4.69) is 9.05 Å². The van der Waals surface area contributed by atoms with Crippen LogP contribution in [0.15, 0.2) is 30.3 Å². The molecule has 1 rings (SSSR count). The van der Waals surface area contributed by atoms with Crippen LogP contribution < -0.4 is 0 Å². The zero-order chi connectivity index (χ0) is 12.9. The SMILES string of the molecule is COP(=O)(OC)C(O)/C=C/c1ccc(Cl)cc1. The number of hydrogen-bond donors (Lipinski definition) is 1. The molecule has 0 heterocycles. The second-order valence-electron chi connectivity index (χ2n) is 3.23. The van der Waals surface area contributed by atoms with E-state index in [0.29, 0.717) is 5.02 Å². The summed E-state index contributed by atoms with van der Waals surface area (Å²) in [5.74, 6) is -1.30. The Morgan fingerprint density at radius 1 is 1.29 bits per heavy atom. The number of benzene rings is 1. The molecule has 94 valence electrons. The minimum Gasteiger partial charge on any atom is -0.377 e. The molecule has 0 aromatic heterocycles. The first-order valence-corrected chi connectivity index (χ1v) is 6.84. The Kier molecular flexibility index (Phi) is 5.37. The molecule has 4 nitrogen and oxygen atoms in total. The van der Waals surface area contributed by atoms with Crippen molar-refractivity contribution in [2.75, 3.05) is 14.2 Å². The Labute approximate surface area is 105 Å². The van der Waals surface area contributed by atoms with Crippen molar-refractivity contribution in [3.05, 3.63) is 40.9 Å². The van der Waals surface area contributed by atoms with Crippen molar-refractivity contribution in [3.63, 3.8) is 0 Å². The highest BCUT2D eigenvalue weighted by atomic mass is 35.5. The predicted molar refractivity (Wildman–Crippen MR) is 68.1 cm³/mol. The summed E-state index contributed by atoms with van der Waals surface area (Å²) in [5.41, 5.74) is 0.826. The van der Waals surface area contributed by atoms with Gasteiger partial charge in [-0.05, 0) is 23.8 Å². The third kappa shape index (κ3) is 3.95. The van der Waals surface area contributed by atoms with E-state index in [0.717, 1.165) is 5.56 Å². The molecule has 0 radical (unpaired) electrons. The van der Waals surface area contributed by atoms with Gasteiger partial charge in [-0.15, -0.1) is 0 Å². The van der Waals surface area contributed by atoms with Crippen molar-refractivity contribution in [1.82, 2.24) is 0 Å². The Hall–Kier alpha value is -0.640. The fourth-order valence-corrected chi connectivity index (χ4v) is 2.17. The highest BCUT2D eigenvalue weighted by Crippen LogP contribution is 2.50. The van der Waals surface area contributed by atoms with Gasteiger partial charge < -0.3 is 14.2 Å². The van der Waals surface area contributed by atoms with Crippen molar-refractivity contribution in [2.24, 2.45) is 0 Å². The zero-order valence-corrected chi connectivity index (χ0v) is 11.2. The molecule has 6 heteroatoms. The molecule has 1 aromatic carbocycles. The quantitative estimate of drug-likeness (QED) is 0.839. The molecule has 1 atom stereocenters. The molecule has 0 fully saturated rings. The minimum atomic E-state index is -3.48. The summed E-state index contributed by atoms with van der Waals surface area (Å²) < 4.78 is 21.1. The summed E-state index contributed by atoms with van der Waals surface area (Å²) in [5, 5.41) is 10.3. The van der Waals surface area contributed by atoms with Crippen LogP contribution >= 0.6 is 19.2 Å². The molecule has 0 saturated carbocycles. The second-order valence-corrected chi connectivity index (χ2v) is 6.00. The summed E-state index contributed by atoms with van der Waals surface area (Å²) in [4.78, 5) is 0. The summed E-state index contributed by atoms with van der Waals surface area (Å²) in [7, 11) is -1.02. The van der Waals surface area contributed by atoms with E-state index in [-0.39, 0.29) is 0 Å². The van der Waals surface area contributed by atoms with E-state index in [4.69, 9.17) is 11.6 Å². The molecule has 0 bridgehead atoms. The lowest BCUT2D eigenvalue weighted by Crippen LogP contribution is -2.06. The van der Waals surface area contributed by atoms with Gasteiger partial charge in [-0.2, -0.15) is 0 Å². The van der Waals surface area contributed by atoms with Gasteiger partial charge in [-0.1, -0.05) is 29.8 Å². The van der Waals surface area contributed by atoms with Crippen LogP contribution in [0.3, 0.4) is 0 Å². The number of halogens is 1. The highest BCUT2D eigenvalue weighted by molar-refractivity contribution is 7.54. The van der Waals surface area contributed by atoms with Gasteiger partial charge in [0, 0.05) is 19.2 Å². The molecule has 0 aliphatic heterocycles. The zero-order valence-electron chi connectivity index (χ0n) is 9.54. The van der Waals surface area contributed by atoms with Gasteiger partial charge in [0.2, 0.25) is 0 Å². The van der Waals surface area contributed by atoms with Crippen LogP contribution in [0.4, 0.5) is 0 Å². The minimum absolute atomic E-state index is 0.627. The van der Waals surface area contributed by atoms with Gasteiger partial charge in [0.15, 0.2) is 5.85 Å². The number of hydrogen-bond acceptors (Lipinski definition) is 4. The summed E-state index contributed by atoms with van der Waals surface area (Å²) in [6, 6.07) is 6.99. The molecular formula is C11H14ClO4P. The maximum Gasteiger partial charge on any atom is 0.362 e. The first-order valence-electron chi connectivity index (χ1n) is 4.85. The Bertz CT molecular complexity index is 422. The molecule has 0 saturated heterocycles. The normalized spacial score (nSPS) is 14.1. The molecule has 1 unspecified atom stereocenters. The Balaban J connectivity index is 2.77. The maximum atomic E-state index is 11.8. The first kappa shape index (κ1) is 14.4. The van der Waals surface area contributed by atoms with Crippen molar-refractivity contribution < 1.29 is 18.7 Å². The fraction of sp³-hybridized carbons (Fsp3) is 0.273. The first-order chi connectivity index (χ1) is 8.01. The van der Waals surface area contributed by atoms with Gasteiger partial charge in [-0.3, -0.25) is 4.57 Å². The Morgan fingerprint density at radius 2 is 1.82 bits per heavy atom. The molecule has 17 heavy (non-hydrogen) atoms. The monoisotopic (exact) mass is 276 g/mol. The Morgan fingerprint density at radius 3 is 2.29 bits per heavy atom. The van der Waals surface area contributed by atoms with Gasteiger partial charge in [-0.25, -0.2) is 0 Å². The van der Waals surface area contributed by atoms with Crippen LogP contribution in [0, 0.1) is 0 Å². The fourth-order valence-electron chi connectivity index (χ4n) is 1.17. The average Bonchev–Trinajstić information content (AvgIpc) is 2.36. The van der Waals surface area contributed by atoms with Crippen LogP contribution in [-0.4, -0.2) is 25.2 Å². The van der Waals surface area contributed by atoms with Crippen LogP contribution in [-0.2, 0) is 13.6 Å². The summed E-state index contributed by atoms with van der Waals surface area (Å²) in [6.07, 6.45) is 2.97. The van der Waals surface area contributed by atoms with Crippen molar-refractivity contribution in [2.45, 2.75) is 5.85 Å². The second kappa shape index (κ2) is 6.34. The molecule has 1 aromatic rings. The maximum absolute atomic E-state index is 11.8. The molecule has 1 N–H and O–H groups in total. The molecule has 0 aliphatic rings. The molecular weight excluding hydrogens is 263 g/mol. The molecule has 0 aliphatic carbocycles. The van der Waals surface area contributed by atoms with Crippen LogP contribution in [0.25, 0.3) is 6.08 Å². The van der Waals surface area contributed by atoms with Crippen molar-refractivity contribution >= 4 is 25.3 Å². The predicted octanol–water partition coefficient (Wildman–Crippen LogP) is 3.16. The van der Waals surface area contributed by atoms with E-state index < -0.39 is 13.4 Å². The molecule has 0 amide bonds. The highest BCUT2D eigenvalue weighted by Gasteiger charge is 2.29. The van der Waals surface area contributed by atoms with Gasteiger partial charge in [0.1, 0.15) is 0 Å². The summed E-state index contributed by atoms with van der Waals surface area (Å²) >= 11 is 5.73. The number of aliphatic hydroxyl groups excluding tert-OH is 1. The van der Waals surface area contributed by atoms with E-state index in [1.165, 1.54) is 20.3 Å². The van der Waals surface area contributed by atoms with E-state index in [1.54, 1.807) is 30.3 Å². The smallest absolute Gasteiger partial charge is 0.362 e. The van der Waals surface area contributed by atoms with Gasteiger partial charge in [0.25, 0.3) is 0 Å². The lowest BCUT2D eigenvalue weighted by atomic mass is 10.2. The van der Waals surface area contributed by atoms with Crippen molar-refractivity contribution in [1.29, 1.82) is 0 Å². The third-order valence-corrected chi connectivity index (χ3v) is 4.25. The number of aliphatic hydroxyl groups is 1. The standard InChI is InChI=1S/C11H14ClO4P/c1-15-17(14,16-2)11(13)8-5-9-3-6-10(12)7-4-9/h3-8,11,13H,1-2H3/b8-5+. The number of rotatable bonds is 5. The van der Waals surface area contributed by atoms with Crippen LogP contribution in [0.1, 0.15) is 5.56 Å². The topological polar surface area (TPSA) is 55.8 Å². The average molecular weight is 277 g/mol. The van der Waals surface area contributed by atoms with Gasteiger partial charge in [0.05, 0.1) is 0 Å². The van der Waals surface area contributed by atoms with Gasteiger partial charge >= 0.3 is 7.60 Å². The lowest BCUT2D eigenvalue weighted by Gasteiger charge is -2.16. The van der Waals surface area contributed by atoms with Crippen LogP contribution in [0.5, 0.6) is 0 Å². The van der Waals surface area contributed by atoms with Crippen molar-refractivity contribution in [3.8, 4) is 0 Å². The largest absolute Gasteiger partial charge is 0.377 e. The van der Waals surface area contributed by atoms with E-state index in [9.17, 15) is 9.67 Å². The van der Waals surface area contributed by atoms with E-state index >= 15 is 0 Å². The third-order valence-electron chi connectivity index (χ3n) is 2.16. The summed E-state index contributed by atoms with van der Waals surface area (Å²) in [6.45, 7) is 0. The van der Waals surface area contributed by atoms with E-state index in [1.807, 2.05) is 0 Å². The van der Waals surface area contributed by atoms with Crippen LogP contribution in [0.2, 0.25) is 5.02 Å². The lowest BCUT2D eigenvalue weighted by molar-refractivity contribution is 0.201.